The first kappa shape index (κ1) is 24.7. The minimum atomic E-state index is -0.207. The minimum absolute atomic E-state index is 0.207. The molecular formula is C27H36ClN9O. The molecule has 0 unspecified atom stereocenters. The van der Waals surface area contributed by atoms with Gasteiger partial charge in [-0.1, -0.05) is 31.4 Å². The number of fused-ring (bicyclic) bond motifs is 2. The SMILES string of the molecule is CC1CCC(Cn2c(N3CCO[C@@H]4CCC[C@H]43)nc3cc(C4NNNN4)nc(-c4cncc(Cl)c4)c32)CC1. The van der Waals surface area contributed by atoms with Crippen molar-refractivity contribution in [2.75, 3.05) is 18.1 Å². The molecule has 4 N–H and O–H groups in total. The third kappa shape index (κ3) is 4.57. The van der Waals surface area contributed by atoms with Gasteiger partial charge in [0.05, 0.1) is 46.2 Å². The summed E-state index contributed by atoms with van der Waals surface area (Å²) in [6, 6.07) is 4.43. The fourth-order valence-electron chi connectivity index (χ4n) is 6.79. The van der Waals surface area contributed by atoms with Crippen LogP contribution in [0.5, 0.6) is 0 Å². The minimum Gasteiger partial charge on any atom is -0.374 e. The van der Waals surface area contributed by atoms with E-state index in [2.05, 4.69) is 49.4 Å². The molecule has 4 fully saturated rings. The first-order chi connectivity index (χ1) is 18.6. The Bertz CT molecular complexity index is 1300. The summed E-state index contributed by atoms with van der Waals surface area (Å²) in [5, 5.41) is 0.595. The highest BCUT2D eigenvalue weighted by molar-refractivity contribution is 6.30. The standard InChI is InChI=1S/C27H36ClN9O/c1-16-5-7-17(8-6-16)15-37-25-20(31-27(37)36-9-10-38-23-4-2-3-22(23)36)12-21(26-32-34-35-33-26)30-24(25)18-11-19(28)14-29-13-18/h11-14,16-17,22-23,26,32-35H,2-10,15H2,1H3/t16?,17?,22-,23-/m1/s1. The van der Waals surface area contributed by atoms with E-state index in [9.17, 15) is 0 Å². The lowest BCUT2D eigenvalue weighted by atomic mass is 9.83. The maximum atomic E-state index is 6.43. The summed E-state index contributed by atoms with van der Waals surface area (Å²) < 4.78 is 8.65. The van der Waals surface area contributed by atoms with Crippen LogP contribution in [0.15, 0.2) is 24.5 Å². The van der Waals surface area contributed by atoms with E-state index in [0.29, 0.717) is 23.1 Å². The smallest absolute Gasteiger partial charge is 0.207 e. The third-order valence-electron chi connectivity index (χ3n) is 8.81. The molecule has 2 saturated heterocycles. The largest absolute Gasteiger partial charge is 0.374 e. The molecule has 0 spiro atoms. The number of ether oxygens (including phenoxy) is 1. The number of imidazole rings is 1. The van der Waals surface area contributed by atoms with Crippen molar-refractivity contribution < 1.29 is 4.74 Å². The van der Waals surface area contributed by atoms with Crippen molar-refractivity contribution in [2.45, 2.75) is 76.7 Å². The Morgan fingerprint density at radius 1 is 1.03 bits per heavy atom. The van der Waals surface area contributed by atoms with Crippen LogP contribution < -0.4 is 26.8 Å². The second kappa shape index (κ2) is 10.3. The predicted molar refractivity (Wildman–Crippen MR) is 147 cm³/mol. The van der Waals surface area contributed by atoms with Gasteiger partial charge in [-0.3, -0.25) is 4.98 Å². The Labute approximate surface area is 227 Å². The lowest BCUT2D eigenvalue weighted by Crippen LogP contribution is -2.49. The summed E-state index contributed by atoms with van der Waals surface area (Å²) in [5.41, 5.74) is 16.8. The summed E-state index contributed by atoms with van der Waals surface area (Å²) in [6.07, 6.45) is 12.2. The van der Waals surface area contributed by atoms with Gasteiger partial charge < -0.3 is 14.2 Å². The maximum absolute atomic E-state index is 6.43. The molecule has 0 amide bonds. The fourth-order valence-corrected chi connectivity index (χ4v) is 6.96. The number of hydrogen-bond donors (Lipinski definition) is 4. The van der Waals surface area contributed by atoms with Crippen LogP contribution in [0.25, 0.3) is 22.3 Å². The molecule has 2 atom stereocenters. The van der Waals surface area contributed by atoms with Gasteiger partial charge in [0.15, 0.2) is 0 Å². The first-order valence-electron chi connectivity index (χ1n) is 14.1. The van der Waals surface area contributed by atoms with E-state index in [0.717, 1.165) is 72.4 Å². The van der Waals surface area contributed by atoms with Crippen LogP contribution in [-0.2, 0) is 11.3 Å². The normalized spacial score (nSPS) is 28.3. The van der Waals surface area contributed by atoms with Crippen LogP contribution in [0, 0.1) is 11.8 Å². The Hall–Kier alpha value is -2.34. The highest BCUT2D eigenvalue weighted by atomic mass is 35.5. The summed E-state index contributed by atoms with van der Waals surface area (Å²) in [7, 11) is 0. The molecule has 3 aromatic rings. The molecule has 4 aliphatic rings. The molecule has 38 heavy (non-hydrogen) atoms. The molecule has 5 heterocycles. The zero-order valence-corrected chi connectivity index (χ0v) is 22.5. The molecule has 0 radical (unpaired) electrons. The molecule has 2 aliphatic carbocycles. The van der Waals surface area contributed by atoms with Gasteiger partial charge in [-0.2, -0.15) is 11.1 Å². The van der Waals surface area contributed by atoms with Crippen LogP contribution in [0.2, 0.25) is 5.02 Å². The summed E-state index contributed by atoms with van der Waals surface area (Å²) in [6.45, 7) is 4.93. The van der Waals surface area contributed by atoms with Gasteiger partial charge >= 0.3 is 0 Å². The number of anilines is 1. The van der Waals surface area contributed by atoms with Gasteiger partial charge in [-0.25, -0.2) is 20.8 Å². The van der Waals surface area contributed by atoms with E-state index in [1.807, 2.05) is 12.3 Å². The number of nitrogens with one attached hydrogen (secondary N) is 4. The molecule has 0 aromatic carbocycles. The molecule has 10 nitrogen and oxygen atoms in total. The van der Waals surface area contributed by atoms with Crippen molar-refractivity contribution in [1.29, 1.82) is 0 Å². The molecule has 3 aromatic heterocycles. The van der Waals surface area contributed by atoms with Crippen LogP contribution in [0.3, 0.4) is 0 Å². The lowest BCUT2D eigenvalue weighted by molar-refractivity contribution is 0.0247. The average Bonchev–Trinajstić information content (AvgIpc) is 3.70. The Morgan fingerprint density at radius 3 is 2.68 bits per heavy atom. The molecule has 202 valence electrons. The van der Waals surface area contributed by atoms with E-state index in [1.165, 1.54) is 32.1 Å². The van der Waals surface area contributed by atoms with Crippen molar-refractivity contribution in [2.24, 2.45) is 11.8 Å². The van der Waals surface area contributed by atoms with Crippen LogP contribution in [0.4, 0.5) is 5.95 Å². The topological polar surface area (TPSA) is 104 Å². The zero-order valence-electron chi connectivity index (χ0n) is 21.8. The van der Waals surface area contributed by atoms with Crippen molar-refractivity contribution >= 4 is 28.6 Å². The van der Waals surface area contributed by atoms with Gasteiger partial charge in [-0.05, 0) is 56.1 Å². The number of rotatable bonds is 5. The van der Waals surface area contributed by atoms with Crippen molar-refractivity contribution in [3.05, 3.63) is 35.2 Å². The van der Waals surface area contributed by atoms with E-state index in [4.69, 9.17) is 26.3 Å². The van der Waals surface area contributed by atoms with Gasteiger partial charge in [0.1, 0.15) is 6.17 Å². The molecule has 2 aliphatic heterocycles. The Kier molecular flexibility index (Phi) is 6.71. The molecule has 2 saturated carbocycles. The van der Waals surface area contributed by atoms with Crippen LogP contribution in [0.1, 0.15) is 63.7 Å². The van der Waals surface area contributed by atoms with Gasteiger partial charge in [0, 0.05) is 31.0 Å². The predicted octanol–water partition coefficient (Wildman–Crippen LogP) is 3.85. The van der Waals surface area contributed by atoms with Gasteiger partial charge in [0.25, 0.3) is 0 Å². The van der Waals surface area contributed by atoms with Crippen LogP contribution in [-0.4, -0.2) is 44.8 Å². The van der Waals surface area contributed by atoms with Crippen molar-refractivity contribution in [3.8, 4) is 11.3 Å². The second-order valence-electron chi connectivity index (χ2n) is 11.4. The lowest BCUT2D eigenvalue weighted by Gasteiger charge is -2.39. The van der Waals surface area contributed by atoms with E-state index < -0.39 is 0 Å². The first-order valence-corrected chi connectivity index (χ1v) is 14.4. The van der Waals surface area contributed by atoms with Crippen molar-refractivity contribution in [1.82, 2.24) is 41.4 Å². The van der Waals surface area contributed by atoms with Gasteiger partial charge in [-0.15, -0.1) is 0 Å². The number of pyridine rings is 2. The molecule has 0 bridgehead atoms. The van der Waals surface area contributed by atoms with Crippen LogP contribution >= 0.6 is 11.6 Å². The fraction of sp³-hybridized carbons (Fsp3) is 0.593. The van der Waals surface area contributed by atoms with E-state index in [-0.39, 0.29) is 6.17 Å². The Morgan fingerprint density at radius 2 is 1.87 bits per heavy atom. The van der Waals surface area contributed by atoms with E-state index in [1.54, 1.807) is 6.20 Å². The molecule has 11 heteroatoms. The highest BCUT2D eigenvalue weighted by Crippen LogP contribution is 2.39. The second-order valence-corrected chi connectivity index (χ2v) is 11.8. The number of nitrogens with zero attached hydrogens (tertiary/aromatic N) is 5. The number of aromatic nitrogens is 4. The van der Waals surface area contributed by atoms with Crippen molar-refractivity contribution in [3.63, 3.8) is 0 Å². The van der Waals surface area contributed by atoms with Gasteiger partial charge in [0.2, 0.25) is 5.95 Å². The molecular weight excluding hydrogens is 502 g/mol. The summed E-state index contributed by atoms with van der Waals surface area (Å²) >= 11 is 6.43. The number of hydrazine groups is 3. The number of morpholine rings is 1. The monoisotopic (exact) mass is 537 g/mol. The average molecular weight is 538 g/mol. The zero-order chi connectivity index (χ0) is 25.6. The highest BCUT2D eigenvalue weighted by Gasteiger charge is 2.39. The molecule has 7 rings (SSSR count). The quantitative estimate of drug-likeness (QED) is 0.386. The number of halogens is 1. The number of hydrogen-bond acceptors (Lipinski definition) is 9. The third-order valence-corrected chi connectivity index (χ3v) is 9.02. The van der Waals surface area contributed by atoms with E-state index >= 15 is 0 Å². The Balaban J connectivity index is 1.41. The summed E-state index contributed by atoms with van der Waals surface area (Å²) in [4.78, 5) is 17.5. The maximum Gasteiger partial charge on any atom is 0.207 e. The summed E-state index contributed by atoms with van der Waals surface area (Å²) in [5.74, 6) is 2.49.